The maximum atomic E-state index is 12.3. The summed E-state index contributed by atoms with van der Waals surface area (Å²) in [6.45, 7) is 3.50. The van der Waals surface area contributed by atoms with Crippen LogP contribution in [0.3, 0.4) is 0 Å². The van der Waals surface area contributed by atoms with E-state index in [1.807, 2.05) is 6.92 Å². The van der Waals surface area contributed by atoms with E-state index in [1.165, 1.54) is 21.3 Å². The second kappa shape index (κ2) is 6.84. The maximum absolute atomic E-state index is 12.3. The van der Waals surface area contributed by atoms with Crippen LogP contribution < -0.4 is 19.5 Å². The quantitative estimate of drug-likeness (QED) is 0.868. The molecular weight excluding hydrogens is 272 g/mol. The number of methoxy groups -OCH3 is 3. The van der Waals surface area contributed by atoms with Crippen LogP contribution in [0.25, 0.3) is 0 Å². The number of hydrogen-bond acceptors (Lipinski definition) is 5. The standard InChI is InChI=1S/C15H20N2O4/c1-6-15(2,9-16)17-14(18)10-7-11(19-3)13(21-5)12(8-10)20-4/h7-8H,6H2,1-5H3,(H,17,18)/t15-/m1/s1. The largest absolute Gasteiger partial charge is 0.493 e. The van der Waals surface area contributed by atoms with Crippen molar-refractivity contribution in [1.82, 2.24) is 5.32 Å². The fraction of sp³-hybridized carbons (Fsp3) is 0.467. The van der Waals surface area contributed by atoms with Gasteiger partial charge in [-0.1, -0.05) is 6.92 Å². The molecule has 0 spiro atoms. The number of nitrogens with zero attached hydrogens (tertiary/aromatic N) is 1. The molecule has 0 bridgehead atoms. The molecule has 1 N–H and O–H groups in total. The molecule has 0 aliphatic carbocycles. The number of hydrogen-bond donors (Lipinski definition) is 1. The Bertz CT molecular complexity index is 540. The van der Waals surface area contributed by atoms with Gasteiger partial charge in [-0.3, -0.25) is 4.79 Å². The van der Waals surface area contributed by atoms with E-state index in [0.717, 1.165) is 0 Å². The molecule has 0 aromatic heterocycles. The number of carbonyl (C=O) groups is 1. The normalized spacial score (nSPS) is 12.8. The summed E-state index contributed by atoms with van der Waals surface area (Å²) in [5, 5.41) is 11.8. The Kier molecular flexibility index (Phi) is 5.42. The molecule has 114 valence electrons. The van der Waals surface area contributed by atoms with E-state index in [1.54, 1.807) is 19.1 Å². The van der Waals surface area contributed by atoms with Crippen LogP contribution in [0.1, 0.15) is 30.6 Å². The first-order valence-electron chi connectivity index (χ1n) is 6.48. The highest BCUT2D eigenvalue weighted by molar-refractivity contribution is 5.96. The summed E-state index contributed by atoms with van der Waals surface area (Å²) in [5.74, 6) is 0.810. The van der Waals surface area contributed by atoms with Gasteiger partial charge in [-0.25, -0.2) is 0 Å². The Morgan fingerprint density at radius 3 is 2.10 bits per heavy atom. The predicted molar refractivity (Wildman–Crippen MR) is 77.9 cm³/mol. The summed E-state index contributed by atoms with van der Waals surface area (Å²) >= 11 is 0. The van der Waals surface area contributed by atoms with Gasteiger partial charge in [0.1, 0.15) is 5.54 Å². The monoisotopic (exact) mass is 292 g/mol. The number of ether oxygens (including phenoxy) is 3. The first kappa shape index (κ1) is 16.6. The highest BCUT2D eigenvalue weighted by atomic mass is 16.5. The van der Waals surface area contributed by atoms with Crippen LogP contribution in [-0.2, 0) is 0 Å². The van der Waals surface area contributed by atoms with Crippen LogP contribution in [0.4, 0.5) is 0 Å². The lowest BCUT2D eigenvalue weighted by molar-refractivity contribution is 0.0922. The Morgan fingerprint density at radius 2 is 1.76 bits per heavy atom. The maximum Gasteiger partial charge on any atom is 0.252 e. The van der Waals surface area contributed by atoms with Crippen LogP contribution in [-0.4, -0.2) is 32.8 Å². The van der Waals surface area contributed by atoms with E-state index in [0.29, 0.717) is 29.2 Å². The summed E-state index contributed by atoms with van der Waals surface area (Å²) < 4.78 is 15.6. The molecule has 6 nitrogen and oxygen atoms in total. The van der Waals surface area contributed by atoms with E-state index >= 15 is 0 Å². The van der Waals surface area contributed by atoms with Gasteiger partial charge in [-0.15, -0.1) is 0 Å². The van der Waals surface area contributed by atoms with Gasteiger partial charge in [0.05, 0.1) is 27.4 Å². The minimum Gasteiger partial charge on any atom is -0.493 e. The summed E-state index contributed by atoms with van der Waals surface area (Å²) in [4.78, 5) is 12.3. The van der Waals surface area contributed by atoms with Crippen LogP contribution >= 0.6 is 0 Å². The van der Waals surface area contributed by atoms with Gasteiger partial charge < -0.3 is 19.5 Å². The second-order valence-electron chi connectivity index (χ2n) is 4.67. The topological polar surface area (TPSA) is 80.6 Å². The molecule has 1 aromatic rings. The van der Waals surface area contributed by atoms with E-state index in [-0.39, 0.29) is 5.91 Å². The van der Waals surface area contributed by atoms with Crippen molar-refractivity contribution >= 4 is 5.91 Å². The Morgan fingerprint density at radius 1 is 1.24 bits per heavy atom. The number of nitrogens with one attached hydrogen (secondary N) is 1. The molecule has 1 atom stereocenters. The zero-order chi connectivity index (χ0) is 16.0. The average Bonchev–Trinajstić information content (AvgIpc) is 2.52. The average molecular weight is 292 g/mol. The lowest BCUT2D eigenvalue weighted by Gasteiger charge is -2.22. The van der Waals surface area contributed by atoms with Crippen molar-refractivity contribution in [2.45, 2.75) is 25.8 Å². The van der Waals surface area contributed by atoms with Crippen molar-refractivity contribution in [1.29, 1.82) is 5.26 Å². The molecule has 0 radical (unpaired) electrons. The molecule has 0 aliphatic heterocycles. The zero-order valence-corrected chi connectivity index (χ0v) is 12.9. The van der Waals surface area contributed by atoms with Crippen molar-refractivity contribution in [3.8, 4) is 23.3 Å². The number of rotatable bonds is 6. The Hall–Kier alpha value is -2.42. The summed E-state index contributed by atoms with van der Waals surface area (Å²) in [6.07, 6.45) is 0.500. The van der Waals surface area contributed by atoms with Gasteiger partial charge in [0.2, 0.25) is 5.75 Å². The van der Waals surface area contributed by atoms with Gasteiger partial charge in [0.15, 0.2) is 11.5 Å². The summed E-state index contributed by atoms with van der Waals surface area (Å²) in [5.41, 5.74) is -0.586. The van der Waals surface area contributed by atoms with Gasteiger partial charge >= 0.3 is 0 Å². The van der Waals surface area contributed by atoms with Crippen LogP contribution in [0, 0.1) is 11.3 Å². The van der Waals surface area contributed by atoms with Crippen LogP contribution in [0.2, 0.25) is 0 Å². The van der Waals surface area contributed by atoms with E-state index in [2.05, 4.69) is 11.4 Å². The van der Waals surface area contributed by atoms with Gasteiger partial charge in [0.25, 0.3) is 5.91 Å². The highest BCUT2D eigenvalue weighted by Gasteiger charge is 2.25. The molecule has 0 unspecified atom stereocenters. The number of amides is 1. The van der Waals surface area contributed by atoms with Gasteiger partial charge in [-0.2, -0.15) is 5.26 Å². The van der Waals surface area contributed by atoms with Crippen molar-refractivity contribution < 1.29 is 19.0 Å². The summed E-state index contributed by atoms with van der Waals surface area (Å²) in [6, 6.07) is 5.18. The van der Waals surface area contributed by atoms with Crippen molar-refractivity contribution in [3.63, 3.8) is 0 Å². The third-order valence-corrected chi connectivity index (χ3v) is 3.27. The van der Waals surface area contributed by atoms with E-state index < -0.39 is 5.54 Å². The van der Waals surface area contributed by atoms with Crippen LogP contribution in [0.15, 0.2) is 12.1 Å². The third-order valence-electron chi connectivity index (χ3n) is 3.27. The van der Waals surface area contributed by atoms with Crippen molar-refractivity contribution in [3.05, 3.63) is 17.7 Å². The van der Waals surface area contributed by atoms with E-state index in [4.69, 9.17) is 19.5 Å². The first-order valence-corrected chi connectivity index (χ1v) is 6.48. The molecule has 0 aliphatic rings. The lowest BCUT2D eigenvalue weighted by Crippen LogP contribution is -2.44. The smallest absolute Gasteiger partial charge is 0.252 e. The first-order chi connectivity index (χ1) is 9.94. The molecule has 0 fully saturated rings. The zero-order valence-electron chi connectivity index (χ0n) is 12.9. The molecular formula is C15H20N2O4. The lowest BCUT2D eigenvalue weighted by atomic mass is 10.0. The Labute approximate surface area is 124 Å². The number of nitriles is 1. The number of carbonyl (C=O) groups excluding carboxylic acids is 1. The SMILES string of the molecule is CC[C@](C)(C#N)NC(=O)c1cc(OC)c(OC)c(OC)c1. The van der Waals surface area contributed by atoms with Crippen molar-refractivity contribution in [2.75, 3.05) is 21.3 Å². The Balaban J connectivity index is 3.20. The van der Waals surface area contributed by atoms with Crippen molar-refractivity contribution in [2.24, 2.45) is 0 Å². The fourth-order valence-electron chi connectivity index (χ4n) is 1.73. The third kappa shape index (κ3) is 3.57. The molecule has 0 saturated carbocycles. The number of benzene rings is 1. The molecule has 1 rings (SSSR count). The minimum atomic E-state index is -0.919. The molecule has 0 heterocycles. The summed E-state index contributed by atoms with van der Waals surface area (Å²) in [7, 11) is 4.44. The molecule has 1 amide bonds. The molecule has 0 saturated heterocycles. The fourth-order valence-corrected chi connectivity index (χ4v) is 1.73. The molecule has 1 aromatic carbocycles. The van der Waals surface area contributed by atoms with E-state index in [9.17, 15) is 4.79 Å². The second-order valence-corrected chi connectivity index (χ2v) is 4.67. The van der Waals surface area contributed by atoms with Gasteiger partial charge in [-0.05, 0) is 25.5 Å². The minimum absolute atomic E-state index is 0.333. The van der Waals surface area contributed by atoms with Gasteiger partial charge in [0, 0.05) is 5.56 Å². The van der Waals surface area contributed by atoms with Crippen LogP contribution in [0.5, 0.6) is 17.2 Å². The highest BCUT2D eigenvalue weighted by Crippen LogP contribution is 2.38. The molecule has 6 heteroatoms. The molecule has 21 heavy (non-hydrogen) atoms. The predicted octanol–water partition coefficient (Wildman–Crippen LogP) is 2.13.